The van der Waals surface area contributed by atoms with Crippen molar-refractivity contribution < 1.29 is 0 Å². The number of nitrogens with zero attached hydrogens (tertiary/aromatic N) is 2. The monoisotopic (exact) mass is 299 g/mol. The fourth-order valence-electron chi connectivity index (χ4n) is 2.57. The topological polar surface area (TPSA) is 28.2 Å². The van der Waals surface area contributed by atoms with E-state index in [0.717, 1.165) is 18.3 Å². The minimum Gasteiger partial charge on any atom is -0.348 e. The van der Waals surface area contributed by atoms with E-state index in [1.807, 2.05) is 11.3 Å². The third kappa shape index (κ3) is 2.97. The first-order chi connectivity index (χ1) is 10.3. The highest BCUT2D eigenvalue weighted by Gasteiger charge is 2.29. The molecule has 2 fully saturated rings. The van der Waals surface area contributed by atoms with Gasteiger partial charge in [-0.25, -0.2) is 4.98 Å². The van der Waals surface area contributed by atoms with Crippen molar-refractivity contribution in [1.29, 1.82) is 0 Å². The van der Waals surface area contributed by atoms with Gasteiger partial charge in [-0.3, -0.25) is 0 Å². The number of aromatic nitrogens is 1. The summed E-state index contributed by atoms with van der Waals surface area (Å²) in [5.41, 5.74) is 2.40. The molecule has 4 rings (SSSR count). The van der Waals surface area contributed by atoms with Gasteiger partial charge in [0.2, 0.25) is 0 Å². The zero-order chi connectivity index (χ0) is 14.2. The summed E-state index contributed by atoms with van der Waals surface area (Å²) in [7, 11) is 2.18. The van der Waals surface area contributed by atoms with E-state index in [0.29, 0.717) is 6.04 Å². The summed E-state index contributed by atoms with van der Waals surface area (Å²) < 4.78 is 0. The van der Waals surface area contributed by atoms with Gasteiger partial charge < -0.3 is 10.2 Å². The highest BCUT2D eigenvalue weighted by atomic mass is 32.1. The average molecular weight is 299 g/mol. The van der Waals surface area contributed by atoms with Crippen molar-refractivity contribution in [3.63, 3.8) is 0 Å². The minimum atomic E-state index is 0.712. The third-order valence-electron chi connectivity index (χ3n) is 4.26. The van der Waals surface area contributed by atoms with Crippen LogP contribution in [-0.2, 0) is 6.54 Å². The number of nitrogens with one attached hydrogen (secondary N) is 1. The van der Waals surface area contributed by atoms with E-state index in [1.54, 1.807) is 0 Å². The van der Waals surface area contributed by atoms with Crippen LogP contribution in [0.4, 0.5) is 5.13 Å². The van der Waals surface area contributed by atoms with Gasteiger partial charge in [0.05, 0.1) is 5.69 Å². The lowest BCUT2D eigenvalue weighted by Gasteiger charge is -2.13. The molecule has 0 spiro atoms. The van der Waals surface area contributed by atoms with Gasteiger partial charge in [-0.2, -0.15) is 0 Å². The van der Waals surface area contributed by atoms with Gasteiger partial charge in [0.1, 0.15) is 0 Å². The molecular weight excluding hydrogens is 278 g/mol. The van der Waals surface area contributed by atoms with Crippen LogP contribution in [0.15, 0.2) is 30.3 Å². The molecule has 1 N–H and O–H groups in total. The second-order valence-electron chi connectivity index (χ2n) is 6.13. The Bertz CT molecular complexity index is 614. The number of anilines is 1. The van der Waals surface area contributed by atoms with E-state index in [-0.39, 0.29) is 0 Å². The molecule has 0 unspecified atom stereocenters. The fraction of sp³-hybridized carbons (Fsp3) is 0.471. The first-order valence-corrected chi connectivity index (χ1v) is 8.64. The Labute approximate surface area is 130 Å². The SMILES string of the molecule is CN(c1nc(-c2ccccc2)c(CNC2CC2)s1)C1CC1. The molecule has 2 saturated carbocycles. The maximum Gasteiger partial charge on any atom is 0.186 e. The molecule has 0 bridgehead atoms. The molecule has 2 aliphatic carbocycles. The van der Waals surface area contributed by atoms with E-state index in [9.17, 15) is 0 Å². The summed E-state index contributed by atoms with van der Waals surface area (Å²) in [5.74, 6) is 0. The highest BCUT2D eigenvalue weighted by Crippen LogP contribution is 2.37. The van der Waals surface area contributed by atoms with Crippen molar-refractivity contribution in [2.75, 3.05) is 11.9 Å². The van der Waals surface area contributed by atoms with Crippen molar-refractivity contribution in [2.24, 2.45) is 0 Å². The zero-order valence-corrected chi connectivity index (χ0v) is 13.2. The molecule has 0 atom stereocenters. The zero-order valence-electron chi connectivity index (χ0n) is 12.4. The minimum absolute atomic E-state index is 0.712. The van der Waals surface area contributed by atoms with Crippen LogP contribution in [0.25, 0.3) is 11.3 Å². The van der Waals surface area contributed by atoms with Crippen LogP contribution in [0.2, 0.25) is 0 Å². The highest BCUT2D eigenvalue weighted by molar-refractivity contribution is 7.16. The Balaban J connectivity index is 1.64. The van der Waals surface area contributed by atoms with Gasteiger partial charge in [0.15, 0.2) is 5.13 Å². The van der Waals surface area contributed by atoms with Crippen LogP contribution in [0.1, 0.15) is 30.6 Å². The quantitative estimate of drug-likeness (QED) is 0.882. The van der Waals surface area contributed by atoms with Crippen molar-refractivity contribution >= 4 is 16.5 Å². The summed E-state index contributed by atoms with van der Waals surface area (Å²) >= 11 is 1.85. The van der Waals surface area contributed by atoms with Gasteiger partial charge in [-0.15, -0.1) is 0 Å². The predicted molar refractivity (Wildman–Crippen MR) is 88.8 cm³/mol. The van der Waals surface area contributed by atoms with Gasteiger partial charge in [-0.05, 0) is 25.7 Å². The van der Waals surface area contributed by atoms with Crippen molar-refractivity contribution in [3.8, 4) is 11.3 Å². The maximum atomic E-state index is 4.94. The van der Waals surface area contributed by atoms with Crippen molar-refractivity contribution in [2.45, 2.75) is 44.3 Å². The van der Waals surface area contributed by atoms with E-state index >= 15 is 0 Å². The number of hydrogen-bond acceptors (Lipinski definition) is 4. The number of benzene rings is 1. The summed E-state index contributed by atoms with van der Waals surface area (Å²) in [6.45, 7) is 0.949. The normalized spacial score (nSPS) is 18.0. The van der Waals surface area contributed by atoms with E-state index in [4.69, 9.17) is 4.98 Å². The Hall–Kier alpha value is -1.39. The molecule has 1 heterocycles. The Morgan fingerprint density at radius 2 is 1.95 bits per heavy atom. The van der Waals surface area contributed by atoms with Crippen molar-refractivity contribution in [3.05, 3.63) is 35.2 Å². The Morgan fingerprint density at radius 3 is 2.62 bits per heavy atom. The summed E-state index contributed by atoms with van der Waals surface area (Å²) in [6.07, 6.45) is 5.28. The molecule has 0 radical (unpaired) electrons. The Kier molecular flexibility index (Phi) is 3.43. The van der Waals surface area contributed by atoms with E-state index in [1.165, 1.54) is 41.3 Å². The lowest BCUT2D eigenvalue weighted by molar-refractivity contribution is 0.695. The predicted octanol–water partition coefficient (Wildman–Crippen LogP) is 3.66. The smallest absolute Gasteiger partial charge is 0.186 e. The molecule has 0 aliphatic heterocycles. The molecule has 4 heteroatoms. The standard InChI is InChI=1S/C17H21N3S/c1-20(14-9-10-14)17-19-16(12-5-3-2-4-6-12)15(21-17)11-18-13-7-8-13/h2-6,13-14,18H,7-11H2,1H3. The number of thiazole rings is 1. The molecule has 21 heavy (non-hydrogen) atoms. The second kappa shape index (κ2) is 5.43. The molecule has 1 aromatic heterocycles. The Morgan fingerprint density at radius 1 is 1.19 bits per heavy atom. The molecule has 110 valence electrons. The van der Waals surface area contributed by atoms with Crippen LogP contribution in [0.3, 0.4) is 0 Å². The molecule has 2 aliphatic rings. The first kappa shape index (κ1) is 13.3. The van der Waals surface area contributed by atoms with Crippen LogP contribution >= 0.6 is 11.3 Å². The molecular formula is C17H21N3S. The molecule has 1 aromatic carbocycles. The average Bonchev–Trinajstić information content (AvgIpc) is 3.43. The maximum absolute atomic E-state index is 4.94. The molecule has 2 aromatic rings. The van der Waals surface area contributed by atoms with E-state index in [2.05, 4.69) is 47.6 Å². The number of hydrogen-bond donors (Lipinski definition) is 1. The summed E-state index contributed by atoms with van der Waals surface area (Å²) in [6, 6.07) is 12.0. The molecule has 3 nitrogen and oxygen atoms in total. The second-order valence-corrected chi connectivity index (χ2v) is 7.19. The van der Waals surface area contributed by atoms with Gasteiger partial charge >= 0.3 is 0 Å². The molecule has 0 saturated heterocycles. The van der Waals surface area contributed by atoms with Gasteiger partial charge in [-0.1, -0.05) is 41.7 Å². The van der Waals surface area contributed by atoms with Crippen LogP contribution < -0.4 is 10.2 Å². The van der Waals surface area contributed by atoms with Crippen LogP contribution in [0, 0.1) is 0 Å². The largest absolute Gasteiger partial charge is 0.348 e. The van der Waals surface area contributed by atoms with Crippen molar-refractivity contribution in [1.82, 2.24) is 10.3 Å². The van der Waals surface area contributed by atoms with Gasteiger partial charge in [0.25, 0.3) is 0 Å². The third-order valence-corrected chi connectivity index (χ3v) is 5.40. The molecule has 0 amide bonds. The summed E-state index contributed by atoms with van der Waals surface area (Å²) in [5, 5.41) is 4.80. The lowest BCUT2D eigenvalue weighted by Crippen LogP contribution is -2.18. The van der Waals surface area contributed by atoms with Crippen LogP contribution in [-0.4, -0.2) is 24.1 Å². The lowest BCUT2D eigenvalue weighted by atomic mass is 10.1. The van der Waals surface area contributed by atoms with Gasteiger partial charge in [0, 0.05) is 36.1 Å². The first-order valence-electron chi connectivity index (χ1n) is 7.82. The van der Waals surface area contributed by atoms with Crippen LogP contribution in [0.5, 0.6) is 0 Å². The van der Waals surface area contributed by atoms with E-state index < -0.39 is 0 Å². The fourth-order valence-corrected chi connectivity index (χ4v) is 3.64. The summed E-state index contributed by atoms with van der Waals surface area (Å²) in [4.78, 5) is 8.67. The number of rotatable bonds is 6.